The predicted molar refractivity (Wildman–Crippen MR) is 66.6 cm³/mol. The molecular weight excluding hydrogens is 232 g/mol. The highest BCUT2D eigenvalue weighted by Crippen LogP contribution is 2.48. The number of aliphatic hydroxyl groups excluding tert-OH is 1. The van der Waals surface area contributed by atoms with Gasteiger partial charge in [0.25, 0.3) is 0 Å². The van der Waals surface area contributed by atoms with E-state index >= 15 is 0 Å². The minimum absolute atomic E-state index is 0.0654. The molecule has 4 unspecified atom stereocenters. The Labute approximate surface area is 107 Å². The number of aliphatic hydroxyl groups is 1. The zero-order chi connectivity index (χ0) is 13.1. The molecule has 0 radical (unpaired) electrons. The van der Waals surface area contributed by atoms with Crippen molar-refractivity contribution in [2.24, 2.45) is 17.8 Å². The Morgan fingerprint density at radius 2 is 1.94 bits per heavy atom. The Kier molecular flexibility index (Phi) is 4.22. The van der Waals surface area contributed by atoms with Crippen molar-refractivity contribution in [1.29, 1.82) is 0 Å². The van der Waals surface area contributed by atoms with Gasteiger partial charge in [-0.3, -0.25) is 9.59 Å². The van der Waals surface area contributed by atoms with Crippen LogP contribution in [-0.4, -0.2) is 36.1 Å². The molecule has 5 nitrogen and oxygen atoms in total. The van der Waals surface area contributed by atoms with Crippen molar-refractivity contribution in [2.75, 3.05) is 13.2 Å². The van der Waals surface area contributed by atoms with Crippen LogP contribution in [0.15, 0.2) is 0 Å². The van der Waals surface area contributed by atoms with Crippen molar-refractivity contribution < 1.29 is 14.7 Å². The third-order valence-corrected chi connectivity index (χ3v) is 4.32. The third-order valence-electron chi connectivity index (χ3n) is 4.32. The molecule has 0 aliphatic heterocycles. The highest BCUT2D eigenvalue weighted by molar-refractivity contribution is 5.96. The van der Waals surface area contributed by atoms with Gasteiger partial charge in [-0.1, -0.05) is 0 Å². The number of rotatable bonds is 5. The molecule has 4 atom stereocenters. The van der Waals surface area contributed by atoms with Crippen molar-refractivity contribution in [3.63, 3.8) is 0 Å². The van der Waals surface area contributed by atoms with Crippen LogP contribution in [-0.2, 0) is 9.59 Å². The molecule has 0 spiro atoms. The number of nitrogens with one attached hydrogen (secondary N) is 2. The van der Waals surface area contributed by atoms with E-state index in [1.807, 2.05) is 6.92 Å². The first-order valence-electron chi connectivity index (χ1n) is 6.82. The normalized spacial score (nSPS) is 33.4. The molecule has 0 aromatic rings. The van der Waals surface area contributed by atoms with Crippen LogP contribution < -0.4 is 10.6 Å². The highest BCUT2D eigenvalue weighted by Gasteiger charge is 2.47. The van der Waals surface area contributed by atoms with Crippen LogP contribution in [0.3, 0.4) is 0 Å². The fourth-order valence-corrected chi connectivity index (χ4v) is 3.54. The summed E-state index contributed by atoms with van der Waals surface area (Å²) < 4.78 is 0. The summed E-state index contributed by atoms with van der Waals surface area (Å²) in [5, 5.41) is 15.0. The topological polar surface area (TPSA) is 78.4 Å². The number of hydrogen-bond donors (Lipinski definition) is 3. The molecule has 2 rings (SSSR count). The summed E-state index contributed by atoms with van der Waals surface area (Å²) >= 11 is 0. The van der Waals surface area contributed by atoms with Gasteiger partial charge in [0.1, 0.15) is 6.42 Å². The van der Waals surface area contributed by atoms with Gasteiger partial charge in [0.15, 0.2) is 0 Å². The molecular formula is C13H22N2O3. The lowest BCUT2D eigenvalue weighted by molar-refractivity contribution is -0.130. The van der Waals surface area contributed by atoms with Crippen LogP contribution in [0.4, 0.5) is 0 Å². The third kappa shape index (κ3) is 2.66. The highest BCUT2D eigenvalue weighted by atomic mass is 16.3. The van der Waals surface area contributed by atoms with E-state index in [0.29, 0.717) is 18.4 Å². The Bertz CT molecular complexity index is 332. The Hall–Kier alpha value is -1.10. The molecule has 2 fully saturated rings. The van der Waals surface area contributed by atoms with Crippen molar-refractivity contribution in [3.05, 3.63) is 0 Å². The number of amides is 2. The number of carbonyl (C=O) groups is 2. The smallest absolute Gasteiger partial charge is 0.229 e. The summed E-state index contributed by atoms with van der Waals surface area (Å²) in [7, 11) is 0. The van der Waals surface area contributed by atoms with E-state index in [1.54, 1.807) is 0 Å². The fraction of sp³-hybridized carbons (Fsp3) is 0.846. The summed E-state index contributed by atoms with van der Waals surface area (Å²) in [4.78, 5) is 23.1. The van der Waals surface area contributed by atoms with Crippen molar-refractivity contribution in [3.8, 4) is 0 Å². The summed E-state index contributed by atoms with van der Waals surface area (Å²) in [5.41, 5.74) is 0. The average molecular weight is 254 g/mol. The van der Waals surface area contributed by atoms with E-state index in [0.717, 1.165) is 12.8 Å². The molecule has 2 saturated carbocycles. The van der Waals surface area contributed by atoms with Gasteiger partial charge < -0.3 is 15.7 Å². The van der Waals surface area contributed by atoms with Gasteiger partial charge in [-0.25, -0.2) is 0 Å². The predicted octanol–water partition coefficient (Wildman–Crippen LogP) is 0.0358. The second-order valence-electron chi connectivity index (χ2n) is 5.40. The molecule has 3 N–H and O–H groups in total. The molecule has 0 heterocycles. The largest absolute Gasteiger partial charge is 0.396 e. The number of carbonyl (C=O) groups excluding carboxylic acids is 2. The van der Waals surface area contributed by atoms with E-state index < -0.39 is 0 Å². The summed E-state index contributed by atoms with van der Waals surface area (Å²) in [6.07, 6.45) is 3.29. The van der Waals surface area contributed by atoms with Crippen molar-refractivity contribution >= 4 is 11.8 Å². The van der Waals surface area contributed by atoms with Crippen LogP contribution >= 0.6 is 0 Å². The molecule has 0 aromatic carbocycles. The summed E-state index contributed by atoms with van der Waals surface area (Å²) in [6.45, 7) is 2.50. The van der Waals surface area contributed by atoms with Crippen LogP contribution in [0.5, 0.6) is 0 Å². The van der Waals surface area contributed by atoms with Gasteiger partial charge in [0, 0.05) is 25.1 Å². The van der Waals surface area contributed by atoms with Crippen LogP contribution in [0.1, 0.15) is 32.6 Å². The first-order chi connectivity index (χ1) is 8.65. The second kappa shape index (κ2) is 5.69. The second-order valence-corrected chi connectivity index (χ2v) is 5.40. The van der Waals surface area contributed by atoms with Gasteiger partial charge in [-0.15, -0.1) is 0 Å². The zero-order valence-corrected chi connectivity index (χ0v) is 10.8. The van der Waals surface area contributed by atoms with Gasteiger partial charge in [0.2, 0.25) is 11.8 Å². The molecule has 2 aliphatic rings. The van der Waals surface area contributed by atoms with Crippen LogP contribution in [0.25, 0.3) is 0 Å². The molecule has 5 heteroatoms. The fourth-order valence-electron chi connectivity index (χ4n) is 3.54. The van der Waals surface area contributed by atoms with Crippen LogP contribution in [0, 0.1) is 17.8 Å². The van der Waals surface area contributed by atoms with E-state index in [9.17, 15) is 14.7 Å². The van der Waals surface area contributed by atoms with E-state index in [2.05, 4.69) is 10.6 Å². The molecule has 18 heavy (non-hydrogen) atoms. The molecule has 102 valence electrons. The Morgan fingerprint density at radius 3 is 2.61 bits per heavy atom. The summed E-state index contributed by atoms with van der Waals surface area (Å²) in [6, 6.07) is 0.0654. The minimum Gasteiger partial charge on any atom is -0.396 e. The number of fused-ring (bicyclic) bond motifs is 2. The maximum atomic E-state index is 11.8. The Balaban J connectivity index is 1.85. The maximum absolute atomic E-state index is 11.8. The standard InChI is InChI=1S/C13H22N2O3/c1-2-14-11(17)6-12(18)15-13-9-4-3-8(5-9)10(13)7-16/h8-10,13,16H,2-7H2,1H3,(H,14,17)(H,15,18). The SMILES string of the molecule is CCNC(=O)CC(=O)NC1C2CCC(C2)C1CO. The maximum Gasteiger partial charge on any atom is 0.229 e. The van der Waals surface area contributed by atoms with Gasteiger partial charge in [0.05, 0.1) is 0 Å². The summed E-state index contributed by atoms with van der Waals surface area (Å²) in [5.74, 6) is 0.762. The van der Waals surface area contributed by atoms with Gasteiger partial charge >= 0.3 is 0 Å². The van der Waals surface area contributed by atoms with Crippen LogP contribution in [0.2, 0.25) is 0 Å². The first-order valence-corrected chi connectivity index (χ1v) is 6.82. The minimum atomic E-state index is -0.237. The van der Waals surface area contributed by atoms with E-state index in [1.165, 1.54) is 6.42 Å². The number of hydrogen-bond acceptors (Lipinski definition) is 3. The Morgan fingerprint density at radius 1 is 1.22 bits per heavy atom. The van der Waals surface area contributed by atoms with Crippen molar-refractivity contribution in [2.45, 2.75) is 38.6 Å². The van der Waals surface area contributed by atoms with Gasteiger partial charge in [-0.2, -0.15) is 0 Å². The zero-order valence-electron chi connectivity index (χ0n) is 10.8. The van der Waals surface area contributed by atoms with Crippen molar-refractivity contribution in [1.82, 2.24) is 10.6 Å². The first kappa shape index (κ1) is 13.3. The lowest BCUT2D eigenvalue weighted by Gasteiger charge is -2.30. The monoisotopic (exact) mass is 254 g/mol. The van der Waals surface area contributed by atoms with E-state index in [4.69, 9.17) is 0 Å². The molecule has 2 aliphatic carbocycles. The molecule has 0 aromatic heterocycles. The average Bonchev–Trinajstić information content (AvgIpc) is 2.89. The lowest BCUT2D eigenvalue weighted by Crippen LogP contribution is -2.46. The lowest BCUT2D eigenvalue weighted by atomic mass is 9.85. The quantitative estimate of drug-likeness (QED) is 0.606. The van der Waals surface area contributed by atoms with E-state index in [-0.39, 0.29) is 36.8 Å². The molecule has 0 saturated heterocycles. The molecule has 2 amide bonds. The van der Waals surface area contributed by atoms with Gasteiger partial charge in [-0.05, 0) is 38.0 Å². The molecule has 2 bridgehead atoms.